The van der Waals surface area contributed by atoms with E-state index in [1.54, 1.807) is 12.4 Å². The second-order valence-electron chi connectivity index (χ2n) is 7.74. The van der Waals surface area contributed by atoms with E-state index < -0.39 is 0 Å². The third kappa shape index (κ3) is 4.28. The number of nitrogens with one attached hydrogen (secondary N) is 1. The maximum atomic E-state index is 13.1. The SMILES string of the molecule is O=C([C@@H]1CNC[C@H](C(=O)N2CCN(c3ccncc3)CC2)C1)N1CCOCC1. The van der Waals surface area contributed by atoms with Crippen LogP contribution in [0.25, 0.3) is 0 Å². The van der Waals surface area contributed by atoms with Gasteiger partial charge in [0.25, 0.3) is 0 Å². The Bertz CT molecular complexity index is 672. The summed E-state index contributed by atoms with van der Waals surface area (Å²) in [4.78, 5) is 36.0. The third-order valence-electron chi connectivity index (χ3n) is 5.99. The van der Waals surface area contributed by atoms with E-state index in [1.807, 2.05) is 21.9 Å². The maximum absolute atomic E-state index is 13.1. The number of carbonyl (C=O) groups excluding carboxylic acids is 2. The summed E-state index contributed by atoms with van der Waals surface area (Å²) in [6.45, 7) is 6.95. The van der Waals surface area contributed by atoms with E-state index in [-0.39, 0.29) is 23.7 Å². The normalized spacial score (nSPS) is 26.2. The lowest BCUT2D eigenvalue weighted by atomic mass is 9.88. The molecule has 0 bridgehead atoms. The molecular weight excluding hydrogens is 358 g/mol. The van der Waals surface area contributed by atoms with Gasteiger partial charge in [0.15, 0.2) is 0 Å². The first kappa shape index (κ1) is 19.1. The lowest BCUT2D eigenvalue weighted by Crippen LogP contribution is -2.54. The van der Waals surface area contributed by atoms with Gasteiger partial charge in [-0.05, 0) is 18.6 Å². The van der Waals surface area contributed by atoms with Crippen molar-refractivity contribution in [3.8, 4) is 0 Å². The highest BCUT2D eigenvalue weighted by Crippen LogP contribution is 2.23. The van der Waals surface area contributed by atoms with Crippen molar-refractivity contribution in [3.05, 3.63) is 24.5 Å². The molecule has 4 heterocycles. The Morgan fingerprint density at radius 2 is 1.46 bits per heavy atom. The Morgan fingerprint density at radius 1 is 0.893 bits per heavy atom. The Kier molecular flexibility index (Phi) is 6.07. The number of pyridine rings is 1. The Morgan fingerprint density at radius 3 is 2.07 bits per heavy atom. The van der Waals surface area contributed by atoms with Crippen LogP contribution in [0.15, 0.2) is 24.5 Å². The summed E-state index contributed by atoms with van der Waals surface area (Å²) in [5.41, 5.74) is 1.15. The number of anilines is 1. The van der Waals surface area contributed by atoms with E-state index in [0.29, 0.717) is 45.8 Å². The van der Waals surface area contributed by atoms with Crippen LogP contribution in [-0.4, -0.2) is 92.2 Å². The molecule has 8 nitrogen and oxygen atoms in total. The molecule has 152 valence electrons. The molecule has 0 saturated carbocycles. The summed E-state index contributed by atoms with van der Waals surface area (Å²) in [7, 11) is 0. The van der Waals surface area contributed by atoms with Crippen molar-refractivity contribution < 1.29 is 14.3 Å². The number of carbonyl (C=O) groups is 2. The first-order valence-corrected chi connectivity index (χ1v) is 10.2. The van der Waals surface area contributed by atoms with Gasteiger partial charge < -0.3 is 24.8 Å². The monoisotopic (exact) mass is 387 g/mol. The fraction of sp³-hybridized carbons (Fsp3) is 0.650. The van der Waals surface area contributed by atoms with Gasteiger partial charge in [0.05, 0.1) is 25.0 Å². The zero-order valence-electron chi connectivity index (χ0n) is 16.3. The highest BCUT2D eigenvalue weighted by Gasteiger charge is 2.36. The minimum absolute atomic E-state index is 0.112. The first-order valence-electron chi connectivity index (χ1n) is 10.2. The van der Waals surface area contributed by atoms with Crippen LogP contribution in [0.2, 0.25) is 0 Å². The van der Waals surface area contributed by atoms with E-state index in [0.717, 1.165) is 31.9 Å². The van der Waals surface area contributed by atoms with Crippen molar-refractivity contribution in [2.75, 3.05) is 70.5 Å². The molecule has 3 aliphatic heterocycles. The summed E-state index contributed by atoms with van der Waals surface area (Å²) in [5.74, 6) is 0.118. The van der Waals surface area contributed by atoms with Crippen molar-refractivity contribution in [1.82, 2.24) is 20.1 Å². The van der Waals surface area contributed by atoms with Crippen LogP contribution >= 0.6 is 0 Å². The Labute approximate surface area is 165 Å². The number of amides is 2. The standard InChI is InChI=1S/C20H29N5O3/c26-19(24-7-5-23(6-8-24)18-1-3-21-4-2-18)16-13-17(15-22-14-16)20(27)25-9-11-28-12-10-25/h1-4,16-17,22H,5-15H2/t16-,17+/m1/s1. The van der Waals surface area contributed by atoms with Crippen molar-refractivity contribution in [3.63, 3.8) is 0 Å². The minimum Gasteiger partial charge on any atom is -0.378 e. The van der Waals surface area contributed by atoms with E-state index in [9.17, 15) is 9.59 Å². The molecule has 3 aliphatic rings. The zero-order valence-corrected chi connectivity index (χ0v) is 16.3. The molecule has 1 aromatic heterocycles. The second kappa shape index (κ2) is 8.87. The number of hydrogen-bond donors (Lipinski definition) is 1. The summed E-state index contributed by atoms with van der Waals surface area (Å²) in [6, 6.07) is 4.01. The average Bonchev–Trinajstić information content (AvgIpc) is 2.79. The van der Waals surface area contributed by atoms with Crippen LogP contribution in [0.1, 0.15) is 6.42 Å². The summed E-state index contributed by atoms with van der Waals surface area (Å²) in [6.07, 6.45) is 4.24. The molecule has 1 N–H and O–H groups in total. The van der Waals surface area contributed by atoms with Crippen molar-refractivity contribution in [2.24, 2.45) is 11.8 Å². The molecule has 2 atom stereocenters. The van der Waals surface area contributed by atoms with Crippen LogP contribution in [0, 0.1) is 11.8 Å². The molecule has 4 rings (SSSR count). The van der Waals surface area contributed by atoms with E-state index in [2.05, 4.69) is 15.2 Å². The van der Waals surface area contributed by atoms with Gasteiger partial charge in [-0.25, -0.2) is 0 Å². The molecule has 2 amide bonds. The number of aromatic nitrogens is 1. The minimum atomic E-state index is -0.115. The number of ether oxygens (including phenoxy) is 1. The topological polar surface area (TPSA) is 78.0 Å². The summed E-state index contributed by atoms with van der Waals surface area (Å²) >= 11 is 0. The molecule has 0 radical (unpaired) electrons. The molecule has 0 aromatic carbocycles. The van der Waals surface area contributed by atoms with Gasteiger partial charge >= 0.3 is 0 Å². The highest BCUT2D eigenvalue weighted by atomic mass is 16.5. The van der Waals surface area contributed by atoms with Gasteiger partial charge in [-0.1, -0.05) is 0 Å². The Balaban J connectivity index is 1.30. The van der Waals surface area contributed by atoms with Gasteiger partial charge in [-0.3, -0.25) is 14.6 Å². The number of rotatable bonds is 3. The largest absolute Gasteiger partial charge is 0.378 e. The molecule has 0 aliphatic carbocycles. The third-order valence-corrected chi connectivity index (χ3v) is 5.99. The van der Waals surface area contributed by atoms with Gasteiger partial charge in [0.2, 0.25) is 11.8 Å². The highest BCUT2D eigenvalue weighted by molar-refractivity contribution is 5.83. The lowest BCUT2D eigenvalue weighted by Gasteiger charge is -2.39. The summed E-state index contributed by atoms with van der Waals surface area (Å²) in [5, 5.41) is 3.32. The molecule has 0 unspecified atom stereocenters. The average molecular weight is 387 g/mol. The molecule has 8 heteroatoms. The fourth-order valence-electron chi connectivity index (χ4n) is 4.36. The maximum Gasteiger partial charge on any atom is 0.227 e. The van der Waals surface area contributed by atoms with E-state index in [1.165, 1.54) is 0 Å². The van der Waals surface area contributed by atoms with Crippen LogP contribution < -0.4 is 10.2 Å². The Hall–Kier alpha value is -2.19. The van der Waals surface area contributed by atoms with Gasteiger partial charge in [-0.2, -0.15) is 0 Å². The molecule has 0 spiro atoms. The molecule has 3 saturated heterocycles. The van der Waals surface area contributed by atoms with E-state index in [4.69, 9.17) is 4.74 Å². The number of piperazine rings is 1. The predicted molar refractivity (Wildman–Crippen MR) is 105 cm³/mol. The van der Waals surface area contributed by atoms with Crippen molar-refractivity contribution in [1.29, 1.82) is 0 Å². The smallest absolute Gasteiger partial charge is 0.227 e. The summed E-state index contributed by atoms with van der Waals surface area (Å²) < 4.78 is 5.34. The number of piperidine rings is 1. The van der Waals surface area contributed by atoms with Crippen LogP contribution in [0.5, 0.6) is 0 Å². The van der Waals surface area contributed by atoms with Gasteiger partial charge in [0, 0.05) is 70.4 Å². The quantitative estimate of drug-likeness (QED) is 0.775. The number of hydrogen-bond acceptors (Lipinski definition) is 6. The number of nitrogens with zero attached hydrogens (tertiary/aromatic N) is 4. The number of morpholine rings is 1. The van der Waals surface area contributed by atoms with E-state index >= 15 is 0 Å². The van der Waals surface area contributed by atoms with Crippen LogP contribution in [0.4, 0.5) is 5.69 Å². The van der Waals surface area contributed by atoms with Crippen LogP contribution in [-0.2, 0) is 14.3 Å². The van der Waals surface area contributed by atoms with Crippen molar-refractivity contribution >= 4 is 17.5 Å². The first-order chi connectivity index (χ1) is 13.7. The molecule has 1 aromatic rings. The molecule has 3 fully saturated rings. The van der Waals surface area contributed by atoms with Gasteiger partial charge in [0.1, 0.15) is 0 Å². The zero-order chi connectivity index (χ0) is 19.3. The predicted octanol–water partition coefficient (Wildman–Crippen LogP) is -0.185. The van der Waals surface area contributed by atoms with Crippen molar-refractivity contribution in [2.45, 2.75) is 6.42 Å². The fourth-order valence-corrected chi connectivity index (χ4v) is 4.36. The second-order valence-corrected chi connectivity index (χ2v) is 7.74. The molecular formula is C20H29N5O3. The van der Waals surface area contributed by atoms with Gasteiger partial charge in [-0.15, -0.1) is 0 Å². The van der Waals surface area contributed by atoms with Crippen LogP contribution in [0.3, 0.4) is 0 Å². The molecule has 28 heavy (non-hydrogen) atoms. The lowest BCUT2D eigenvalue weighted by molar-refractivity contribution is -0.143.